The molecule has 1 unspecified atom stereocenters. The minimum absolute atomic E-state index is 0.197. The molecule has 0 fully saturated rings. The van der Waals surface area contributed by atoms with Gasteiger partial charge in [-0.25, -0.2) is 0 Å². The molecule has 7 heteroatoms. The molecule has 0 amide bonds. The van der Waals surface area contributed by atoms with E-state index in [0.29, 0.717) is 13.0 Å². The van der Waals surface area contributed by atoms with Gasteiger partial charge in [-0.05, 0) is 43.1 Å². The minimum Gasteiger partial charge on any atom is -0.310 e. The van der Waals surface area contributed by atoms with E-state index >= 15 is 0 Å². The zero-order chi connectivity index (χ0) is 16.3. The van der Waals surface area contributed by atoms with Gasteiger partial charge in [0, 0.05) is 6.04 Å². The Morgan fingerprint density at radius 3 is 2.14 bits per heavy atom. The summed E-state index contributed by atoms with van der Waals surface area (Å²) in [6.07, 6.45) is -9.37. The van der Waals surface area contributed by atoms with E-state index in [9.17, 15) is 26.3 Å². The van der Waals surface area contributed by atoms with Crippen LogP contribution in [0.3, 0.4) is 0 Å². The maximum Gasteiger partial charge on any atom is 0.416 e. The largest absolute Gasteiger partial charge is 0.416 e. The molecular weight excluding hydrogens is 296 g/mol. The molecule has 0 aliphatic heterocycles. The predicted molar refractivity (Wildman–Crippen MR) is 67.9 cm³/mol. The molecule has 120 valence electrons. The van der Waals surface area contributed by atoms with Crippen molar-refractivity contribution < 1.29 is 26.3 Å². The van der Waals surface area contributed by atoms with Crippen LogP contribution in [0, 0.1) is 6.92 Å². The van der Waals surface area contributed by atoms with Gasteiger partial charge in [0.15, 0.2) is 0 Å². The normalized spacial score (nSPS) is 14.3. The molecule has 1 atom stereocenters. The smallest absolute Gasteiger partial charge is 0.310 e. The van der Waals surface area contributed by atoms with Gasteiger partial charge in [-0.15, -0.1) is 0 Å². The lowest BCUT2D eigenvalue weighted by molar-refractivity contribution is -0.141. The van der Waals surface area contributed by atoms with Gasteiger partial charge in [0.05, 0.1) is 12.0 Å². The van der Waals surface area contributed by atoms with Crippen LogP contribution in [0.2, 0.25) is 0 Å². The number of nitrogens with one attached hydrogen (secondary N) is 1. The Labute approximate surface area is 119 Å². The molecule has 0 heterocycles. The molecule has 1 aromatic rings. The van der Waals surface area contributed by atoms with Gasteiger partial charge in [-0.2, -0.15) is 26.3 Å². The topological polar surface area (TPSA) is 12.0 Å². The van der Waals surface area contributed by atoms with Crippen molar-refractivity contribution in [2.75, 3.05) is 6.54 Å². The Balaban J connectivity index is 3.07. The first-order valence-corrected chi connectivity index (χ1v) is 6.52. The van der Waals surface area contributed by atoms with E-state index in [4.69, 9.17) is 0 Å². The summed E-state index contributed by atoms with van der Waals surface area (Å²) in [5, 5.41) is 2.74. The van der Waals surface area contributed by atoms with Gasteiger partial charge in [0.25, 0.3) is 0 Å². The molecule has 0 aliphatic carbocycles. The number of alkyl halides is 6. The maximum atomic E-state index is 12.6. The molecule has 1 rings (SSSR count). The van der Waals surface area contributed by atoms with Crippen molar-refractivity contribution in [2.24, 2.45) is 0 Å². The summed E-state index contributed by atoms with van der Waals surface area (Å²) in [6, 6.07) is 1.79. The highest BCUT2D eigenvalue weighted by molar-refractivity contribution is 5.34. The lowest BCUT2D eigenvalue weighted by Gasteiger charge is -2.23. The molecule has 1 nitrogen and oxygen atoms in total. The van der Waals surface area contributed by atoms with Crippen LogP contribution in [0.15, 0.2) is 18.2 Å². The Bertz CT molecular complexity index is 464. The van der Waals surface area contributed by atoms with Crippen molar-refractivity contribution >= 4 is 0 Å². The van der Waals surface area contributed by atoms with Gasteiger partial charge in [0.2, 0.25) is 0 Å². The van der Waals surface area contributed by atoms with Crippen LogP contribution >= 0.6 is 0 Å². The van der Waals surface area contributed by atoms with E-state index in [0.717, 1.165) is 18.2 Å². The van der Waals surface area contributed by atoms with Crippen molar-refractivity contribution in [3.8, 4) is 0 Å². The third-order valence-corrected chi connectivity index (χ3v) is 3.05. The zero-order valence-electron chi connectivity index (χ0n) is 11.7. The highest BCUT2D eigenvalue weighted by Crippen LogP contribution is 2.34. The molecule has 0 aliphatic rings. The number of benzene rings is 1. The molecule has 0 spiro atoms. The van der Waals surface area contributed by atoms with Crippen molar-refractivity contribution in [3.05, 3.63) is 34.9 Å². The second kappa shape index (κ2) is 6.68. The molecular formula is C14H17F6N. The molecule has 0 saturated carbocycles. The van der Waals surface area contributed by atoms with Crippen molar-refractivity contribution in [1.29, 1.82) is 0 Å². The first kappa shape index (κ1) is 17.8. The number of rotatable bonds is 5. The van der Waals surface area contributed by atoms with Crippen LogP contribution in [0.4, 0.5) is 26.3 Å². The molecule has 0 bridgehead atoms. The lowest BCUT2D eigenvalue weighted by atomic mass is 9.96. The Kier molecular flexibility index (Phi) is 5.67. The van der Waals surface area contributed by atoms with Gasteiger partial charge in [-0.3, -0.25) is 0 Å². The molecule has 0 aromatic heterocycles. The van der Waals surface area contributed by atoms with Gasteiger partial charge < -0.3 is 5.32 Å². The Morgan fingerprint density at radius 2 is 1.71 bits per heavy atom. The molecule has 1 aromatic carbocycles. The number of hydrogen-bond acceptors (Lipinski definition) is 1. The average molecular weight is 313 g/mol. The zero-order valence-corrected chi connectivity index (χ0v) is 11.7. The van der Waals surface area contributed by atoms with Crippen molar-refractivity contribution in [1.82, 2.24) is 5.32 Å². The first-order chi connectivity index (χ1) is 9.54. The number of hydrogen-bond donors (Lipinski definition) is 1. The summed E-state index contributed by atoms with van der Waals surface area (Å²) in [6.45, 7) is 3.56. The van der Waals surface area contributed by atoms with E-state index < -0.39 is 30.4 Å². The van der Waals surface area contributed by atoms with Crippen LogP contribution in [0.25, 0.3) is 0 Å². The summed E-state index contributed by atoms with van der Waals surface area (Å²) in [5.74, 6) is 0. The van der Waals surface area contributed by atoms with Gasteiger partial charge in [0.1, 0.15) is 0 Å². The van der Waals surface area contributed by atoms with Crippen LogP contribution < -0.4 is 5.32 Å². The van der Waals surface area contributed by atoms with Gasteiger partial charge in [-0.1, -0.05) is 13.0 Å². The summed E-state index contributed by atoms with van der Waals surface area (Å²) in [7, 11) is 0. The quantitative estimate of drug-likeness (QED) is 0.754. The van der Waals surface area contributed by atoms with Crippen LogP contribution in [0.5, 0.6) is 0 Å². The minimum atomic E-state index is -4.50. The van der Waals surface area contributed by atoms with Crippen molar-refractivity contribution in [3.63, 3.8) is 0 Å². The highest BCUT2D eigenvalue weighted by Gasteiger charge is 2.34. The third kappa shape index (κ3) is 5.57. The number of aryl methyl sites for hydroxylation is 1. The number of halogens is 6. The second-order valence-corrected chi connectivity index (χ2v) is 4.90. The van der Waals surface area contributed by atoms with Crippen LogP contribution in [-0.2, 0) is 6.18 Å². The SMILES string of the molecule is CCCNC(CC(F)(F)F)c1ccc(C(F)(F)F)cc1C. The first-order valence-electron chi connectivity index (χ1n) is 6.52. The Hall–Kier alpha value is -1.24. The standard InChI is InChI=1S/C14H17F6N/c1-3-6-21-12(8-13(15,16)17)11-5-4-10(7-9(11)2)14(18,19)20/h4-5,7,12,21H,3,6,8H2,1-2H3. The molecule has 1 N–H and O–H groups in total. The molecule has 21 heavy (non-hydrogen) atoms. The van der Waals surface area contributed by atoms with E-state index in [-0.39, 0.29) is 11.1 Å². The summed E-state index contributed by atoms with van der Waals surface area (Å²) < 4.78 is 75.5. The van der Waals surface area contributed by atoms with E-state index in [1.165, 1.54) is 6.92 Å². The Morgan fingerprint density at radius 1 is 1.10 bits per heavy atom. The third-order valence-electron chi connectivity index (χ3n) is 3.05. The fraction of sp³-hybridized carbons (Fsp3) is 0.571. The van der Waals surface area contributed by atoms with E-state index in [1.807, 2.05) is 0 Å². The predicted octanol–water partition coefficient (Wildman–Crippen LogP) is 5.01. The highest BCUT2D eigenvalue weighted by atomic mass is 19.4. The fourth-order valence-corrected chi connectivity index (χ4v) is 2.09. The van der Waals surface area contributed by atoms with Crippen molar-refractivity contribution in [2.45, 2.75) is 45.1 Å². The average Bonchev–Trinajstić information content (AvgIpc) is 2.32. The van der Waals surface area contributed by atoms with E-state index in [2.05, 4.69) is 5.32 Å². The molecule has 0 radical (unpaired) electrons. The fourth-order valence-electron chi connectivity index (χ4n) is 2.09. The molecule has 0 saturated heterocycles. The van der Waals surface area contributed by atoms with Gasteiger partial charge >= 0.3 is 12.4 Å². The van der Waals surface area contributed by atoms with Crippen LogP contribution in [-0.4, -0.2) is 12.7 Å². The van der Waals surface area contributed by atoms with E-state index in [1.54, 1.807) is 6.92 Å². The maximum absolute atomic E-state index is 12.6. The monoisotopic (exact) mass is 313 g/mol. The summed E-state index contributed by atoms with van der Waals surface area (Å²) >= 11 is 0. The second-order valence-electron chi connectivity index (χ2n) is 4.90. The lowest BCUT2D eigenvalue weighted by Crippen LogP contribution is -2.28. The summed E-state index contributed by atoms with van der Waals surface area (Å²) in [5.41, 5.74) is -0.415. The summed E-state index contributed by atoms with van der Waals surface area (Å²) in [4.78, 5) is 0. The van der Waals surface area contributed by atoms with Crippen LogP contribution in [0.1, 0.15) is 42.5 Å².